The average Bonchev–Trinajstić information content (AvgIpc) is 1.25. The zero-order chi connectivity index (χ0) is 7.15. The molecule has 0 unspecified atom stereocenters. The Hall–Kier alpha value is 1.30. The quantitative estimate of drug-likeness (QED) is 0.226. The van der Waals surface area contributed by atoms with Crippen molar-refractivity contribution in [1.82, 2.24) is 0 Å². The molecule has 0 aliphatic rings. The van der Waals surface area contributed by atoms with Gasteiger partial charge in [0.25, 0.3) is 0 Å². The van der Waals surface area contributed by atoms with Gasteiger partial charge in [-0.25, -0.2) is 0 Å². The number of rotatable bonds is 0. The van der Waals surface area contributed by atoms with E-state index in [4.69, 9.17) is 30.6 Å². The summed E-state index contributed by atoms with van der Waals surface area (Å²) in [6, 6.07) is 0. The maximum absolute atomic E-state index is 8.25. The standard InChI is InChI=1S/Ca.K.2NO3.H/c;;2*2-1(3)4;/q+2;+1;3*-1. The Kier molecular flexibility index (Phi) is 37.6. The molecule has 0 saturated heterocycles. The summed E-state index contributed by atoms with van der Waals surface area (Å²) in [6.07, 6.45) is 0. The molecular weight excluding hydrogens is 203 g/mol. The van der Waals surface area contributed by atoms with Gasteiger partial charge in [-0.2, -0.15) is 0 Å². The summed E-state index contributed by atoms with van der Waals surface area (Å²) in [5.74, 6) is 0. The van der Waals surface area contributed by atoms with Crippen LogP contribution in [0.5, 0.6) is 0 Å². The van der Waals surface area contributed by atoms with Crippen LogP contribution in [0.1, 0.15) is 1.43 Å². The molecule has 0 fully saturated rings. The molecule has 0 aromatic heterocycles. The van der Waals surface area contributed by atoms with Crippen molar-refractivity contribution in [2.75, 3.05) is 0 Å². The summed E-state index contributed by atoms with van der Waals surface area (Å²) in [5, 5.41) is 29.5. The fourth-order valence-corrected chi connectivity index (χ4v) is 0. The Balaban J connectivity index is -0.0000000171. The molecule has 0 aromatic rings. The van der Waals surface area contributed by atoms with Crippen molar-refractivity contribution in [2.45, 2.75) is 0 Å². The van der Waals surface area contributed by atoms with E-state index in [0.717, 1.165) is 0 Å². The number of hydrogen-bond acceptors (Lipinski definition) is 6. The van der Waals surface area contributed by atoms with E-state index in [1.165, 1.54) is 0 Å². The molecule has 0 amide bonds. The van der Waals surface area contributed by atoms with E-state index >= 15 is 0 Å². The second kappa shape index (κ2) is 16.7. The van der Waals surface area contributed by atoms with Crippen LogP contribution in [0.2, 0.25) is 0 Å². The third-order valence-electron chi connectivity index (χ3n) is 0. The van der Waals surface area contributed by atoms with Gasteiger partial charge in [0.15, 0.2) is 0 Å². The molecule has 10 heteroatoms. The first-order valence-electron chi connectivity index (χ1n) is 1.10. The first kappa shape index (κ1) is 22.5. The Bertz CT molecular complexity index is 78.6. The smallest absolute Gasteiger partial charge is 1.00 e. The van der Waals surface area contributed by atoms with Crippen LogP contribution in [-0.2, 0) is 0 Å². The molecule has 0 radical (unpaired) electrons. The van der Waals surface area contributed by atoms with Crippen molar-refractivity contribution in [3.05, 3.63) is 30.6 Å². The zero-order valence-corrected chi connectivity index (χ0v) is 10.4. The van der Waals surface area contributed by atoms with Crippen molar-refractivity contribution in [2.24, 2.45) is 0 Å². The van der Waals surface area contributed by atoms with Gasteiger partial charge < -0.3 is 32.1 Å². The summed E-state index contributed by atoms with van der Waals surface area (Å²) in [6.45, 7) is 0. The third kappa shape index (κ3) is 381. The SMILES string of the molecule is O=[N+]([O-])[O-].O=[N+]([O-])[O-].[Ca+2].[H-].[K+]. The molecule has 0 atom stereocenters. The van der Waals surface area contributed by atoms with Crippen LogP contribution >= 0.6 is 0 Å². The van der Waals surface area contributed by atoms with E-state index < -0.39 is 10.2 Å². The predicted molar refractivity (Wildman–Crippen MR) is 27.6 cm³/mol. The van der Waals surface area contributed by atoms with Gasteiger partial charge in [0, 0.05) is 0 Å². The molecule has 0 saturated carbocycles. The average molecular weight is 204 g/mol. The van der Waals surface area contributed by atoms with Crippen LogP contribution in [0.15, 0.2) is 0 Å². The molecule has 0 aliphatic heterocycles. The van der Waals surface area contributed by atoms with Crippen LogP contribution in [-0.4, -0.2) is 47.9 Å². The predicted octanol–water partition coefficient (Wildman–Crippen LogP) is -3.74. The third-order valence-corrected chi connectivity index (χ3v) is 0. The normalized spacial score (nSPS) is 4.80. The minimum absolute atomic E-state index is 0. The minimum Gasteiger partial charge on any atom is -1.00 e. The van der Waals surface area contributed by atoms with Crippen LogP contribution in [0, 0.1) is 30.6 Å². The molecule has 0 N–H and O–H groups in total. The van der Waals surface area contributed by atoms with Crippen LogP contribution in [0.25, 0.3) is 0 Å². The van der Waals surface area contributed by atoms with Gasteiger partial charge in [0.1, 0.15) is 0 Å². The van der Waals surface area contributed by atoms with Crippen LogP contribution < -0.4 is 51.4 Å². The molecule has 0 aromatic carbocycles. The maximum atomic E-state index is 8.25. The molecule has 8 nitrogen and oxygen atoms in total. The van der Waals surface area contributed by atoms with Gasteiger partial charge in [0.05, 0.1) is 10.2 Å². The second-order valence-electron chi connectivity index (χ2n) is 0.447. The van der Waals surface area contributed by atoms with Gasteiger partial charge in [-0.05, 0) is 0 Å². The zero-order valence-electron chi connectivity index (χ0n) is 6.05. The molecule has 10 heavy (non-hydrogen) atoms. The molecular formula is HCaKN2O6. The van der Waals surface area contributed by atoms with E-state index in [2.05, 4.69) is 0 Å². The fraction of sp³-hybridized carbons (Fsp3) is 0. The van der Waals surface area contributed by atoms with Crippen LogP contribution in [0.3, 0.4) is 0 Å². The molecule has 0 heterocycles. The minimum atomic E-state index is -1.75. The van der Waals surface area contributed by atoms with Gasteiger partial charge >= 0.3 is 89.1 Å². The Morgan fingerprint density at radius 3 is 0.900 bits per heavy atom. The first-order valence-corrected chi connectivity index (χ1v) is 1.10. The van der Waals surface area contributed by atoms with Gasteiger partial charge in [-0.15, -0.1) is 0 Å². The van der Waals surface area contributed by atoms with Crippen molar-refractivity contribution in [3.8, 4) is 0 Å². The van der Waals surface area contributed by atoms with E-state index in [1.807, 2.05) is 0 Å². The summed E-state index contributed by atoms with van der Waals surface area (Å²) in [4.78, 5) is 16.5. The van der Waals surface area contributed by atoms with E-state index in [0.29, 0.717) is 0 Å². The van der Waals surface area contributed by atoms with Crippen molar-refractivity contribution in [3.63, 3.8) is 0 Å². The summed E-state index contributed by atoms with van der Waals surface area (Å²) >= 11 is 0. The first-order chi connectivity index (χ1) is 3.46. The van der Waals surface area contributed by atoms with Crippen molar-refractivity contribution >= 4 is 37.7 Å². The monoisotopic (exact) mass is 204 g/mol. The van der Waals surface area contributed by atoms with E-state index in [1.54, 1.807) is 0 Å². The Morgan fingerprint density at radius 2 is 0.900 bits per heavy atom. The molecule has 0 bridgehead atoms. The molecule has 0 rings (SSSR count). The summed E-state index contributed by atoms with van der Waals surface area (Å²) < 4.78 is 0. The maximum Gasteiger partial charge on any atom is 2.00 e. The number of nitrogens with zero attached hydrogens (tertiary/aromatic N) is 2. The molecule has 50 valence electrons. The van der Waals surface area contributed by atoms with Gasteiger partial charge in [-0.3, -0.25) is 0 Å². The Labute approximate surface area is 129 Å². The number of hydrogen-bond donors (Lipinski definition) is 0. The largest absolute Gasteiger partial charge is 2.00 e. The topological polar surface area (TPSA) is 132 Å². The molecule has 0 spiro atoms. The van der Waals surface area contributed by atoms with Crippen LogP contribution in [0.4, 0.5) is 0 Å². The second-order valence-corrected chi connectivity index (χ2v) is 0.447. The molecule has 0 aliphatic carbocycles. The fourth-order valence-electron chi connectivity index (χ4n) is 0. The Morgan fingerprint density at radius 1 is 0.900 bits per heavy atom. The van der Waals surface area contributed by atoms with Gasteiger partial charge in [0.2, 0.25) is 0 Å². The van der Waals surface area contributed by atoms with Crippen molar-refractivity contribution in [1.29, 1.82) is 0 Å². The van der Waals surface area contributed by atoms with E-state index in [9.17, 15) is 0 Å². The summed E-state index contributed by atoms with van der Waals surface area (Å²) in [5.41, 5.74) is 0. The summed E-state index contributed by atoms with van der Waals surface area (Å²) in [7, 11) is 0. The van der Waals surface area contributed by atoms with E-state index in [-0.39, 0.29) is 90.5 Å². The van der Waals surface area contributed by atoms with Crippen molar-refractivity contribution < 1.29 is 63.0 Å². The van der Waals surface area contributed by atoms with Gasteiger partial charge in [-0.1, -0.05) is 0 Å².